The van der Waals surface area contributed by atoms with E-state index in [1.54, 1.807) is 0 Å². The Hall–Kier alpha value is -1.35. The standard InChI is InChI=1S/C17H26N2O/c1-5-14-18-15(13-9-7-6-8-10-13)16(20)19(14)12-11-17(2,3)4/h6-10,14-15,18H,5,11-12H2,1-4H3. The van der Waals surface area contributed by atoms with Crippen LogP contribution < -0.4 is 5.32 Å². The van der Waals surface area contributed by atoms with Crippen molar-refractivity contribution in [2.45, 2.75) is 52.7 Å². The van der Waals surface area contributed by atoms with Crippen molar-refractivity contribution in [2.24, 2.45) is 5.41 Å². The first-order chi connectivity index (χ1) is 9.42. The summed E-state index contributed by atoms with van der Waals surface area (Å²) in [6.45, 7) is 9.61. The van der Waals surface area contributed by atoms with Gasteiger partial charge in [-0.15, -0.1) is 0 Å². The summed E-state index contributed by atoms with van der Waals surface area (Å²) in [6, 6.07) is 9.83. The van der Waals surface area contributed by atoms with E-state index in [0.29, 0.717) is 0 Å². The van der Waals surface area contributed by atoms with Crippen LogP contribution in [0.25, 0.3) is 0 Å². The van der Waals surface area contributed by atoms with Gasteiger partial charge in [-0.1, -0.05) is 58.0 Å². The summed E-state index contributed by atoms with van der Waals surface area (Å²) in [5.41, 5.74) is 1.32. The molecule has 1 aliphatic rings. The molecule has 110 valence electrons. The molecule has 2 rings (SSSR count). The Bertz CT molecular complexity index is 450. The van der Waals surface area contributed by atoms with Crippen LogP contribution in [-0.4, -0.2) is 23.5 Å². The molecule has 1 aromatic rings. The van der Waals surface area contributed by atoms with Gasteiger partial charge in [0, 0.05) is 6.54 Å². The second-order valence-electron chi connectivity index (χ2n) is 6.78. The Kier molecular flexibility index (Phi) is 4.48. The van der Waals surface area contributed by atoms with E-state index in [0.717, 1.165) is 24.9 Å². The fourth-order valence-corrected chi connectivity index (χ4v) is 2.62. The zero-order chi connectivity index (χ0) is 14.8. The van der Waals surface area contributed by atoms with E-state index in [9.17, 15) is 4.79 Å². The fourth-order valence-electron chi connectivity index (χ4n) is 2.62. The number of benzene rings is 1. The van der Waals surface area contributed by atoms with Crippen LogP contribution in [0, 0.1) is 5.41 Å². The van der Waals surface area contributed by atoms with Crippen molar-refractivity contribution >= 4 is 5.91 Å². The van der Waals surface area contributed by atoms with Gasteiger partial charge in [0.1, 0.15) is 6.04 Å². The number of hydrogen-bond donors (Lipinski definition) is 1. The molecule has 1 heterocycles. The van der Waals surface area contributed by atoms with Crippen molar-refractivity contribution in [3.8, 4) is 0 Å². The van der Waals surface area contributed by atoms with Gasteiger partial charge in [-0.05, 0) is 23.8 Å². The lowest BCUT2D eigenvalue weighted by Crippen LogP contribution is -2.38. The molecule has 0 aliphatic carbocycles. The zero-order valence-electron chi connectivity index (χ0n) is 13.0. The molecule has 20 heavy (non-hydrogen) atoms. The minimum absolute atomic E-state index is 0.162. The maximum absolute atomic E-state index is 12.7. The first-order valence-electron chi connectivity index (χ1n) is 7.54. The van der Waals surface area contributed by atoms with Crippen LogP contribution in [-0.2, 0) is 4.79 Å². The van der Waals surface area contributed by atoms with E-state index in [1.165, 1.54) is 0 Å². The highest BCUT2D eigenvalue weighted by Crippen LogP contribution is 2.27. The summed E-state index contributed by atoms with van der Waals surface area (Å²) in [7, 11) is 0. The number of nitrogens with zero attached hydrogens (tertiary/aromatic N) is 1. The van der Waals surface area contributed by atoms with Gasteiger partial charge >= 0.3 is 0 Å². The largest absolute Gasteiger partial charge is 0.325 e. The van der Waals surface area contributed by atoms with Crippen LogP contribution >= 0.6 is 0 Å². The van der Waals surface area contributed by atoms with Crippen LogP contribution in [0.2, 0.25) is 0 Å². The molecule has 0 saturated carbocycles. The molecule has 0 bridgehead atoms. The van der Waals surface area contributed by atoms with Crippen molar-refractivity contribution < 1.29 is 4.79 Å². The maximum atomic E-state index is 12.7. The molecule has 1 aliphatic heterocycles. The van der Waals surface area contributed by atoms with Gasteiger partial charge in [-0.3, -0.25) is 10.1 Å². The third-order valence-corrected chi connectivity index (χ3v) is 3.89. The number of rotatable bonds is 4. The van der Waals surface area contributed by atoms with Crippen LogP contribution in [0.3, 0.4) is 0 Å². The topological polar surface area (TPSA) is 32.3 Å². The van der Waals surface area contributed by atoms with Gasteiger partial charge in [-0.25, -0.2) is 0 Å². The molecule has 1 N–H and O–H groups in total. The summed E-state index contributed by atoms with van der Waals surface area (Å²) in [6.07, 6.45) is 2.13. The zero-order valence-corrected chi connectivity index (χ0v) is 13.0. The summed E-state index contributed by atoms with van der Waals surface area (Å²) in [5.74, 6) is 0.215. The Balaban J connectivity index is 2.11. The molecule has 0 radical (unpaired) electrons. The van der Waals surface area contributed by atoms with Gasteiger partial charge in [-0.2, -0.15) is 0 Å². The smallest absolute Gasteiger partial charge is 0.245 e. The molecule has 2 unspecified atom stereocenters. The quantitative estimate of drug-likeness (QED) is 0.913. The highest BCUT2D eigenvalue weighted by Gasteiger charge is 2.38. The van der Waals surface area contributed by atoms with Crippen molar-refractivity contribution in [2.75, 3.05) is 6.54 Å². The summed E-state index contributed by atoms with van der Waals surface area (Å²) in [4.78, 5) is 14.7. The lowest BCUT2D eigenvalue weighted by atomic mass is 9.92. The SMILES string of the molecule is CCC1NC(c2ccccc2)C(=O)N1CCC(C)(C)C. The molecule has 1 aromatic carbocycles. The van der Waals surface area contributed by atoms with Crippen LogP contribution in [0.15, 0.2) is 30.3 Å². The second-order valence-corrected chi connectivity index (χ2v) is 6.78. The Morgan fingerprint density at radius 3 is 2.40 bits per heavy atom. The Morgan fingerprint density at radius 1 is 1.20 bits per heavy atom. The molecule has 1 amide bonds. The average Bonchev–Trinajstić information content (AvgIpc) is 2.73. The summed E-state index contributed by atoms with van der Waals surface area (Å²) in [5, 5.41) is 3.47. The summed E-state index contributed by atoms with van der Waals surface area (Å²) >= 11 is 0. The summed E-state index contributed by atoms with van der Waals surface area (Å²) < 4.78 is 0. The van der Waals surface area contributed by atoms with Gasteiger partial charge in [0.2, 0.25) is 5.91 Å². The van der Waals surface area contributed by atoms with Gasteiger partial charge in [0.05, 0.1) is 6.17 Å². The minimum atomic E-state index is -0.180. The molecular formula is C17H26N2O. The number of carbonyl (C=O) groups is 1. The van der Waals surface area contributed by atoms with Crippen molar-refractivity contribution in [3.63, 3.8) is 0 Å². The maximum Gasteiger partial charge on any atom is 0.245 e. The van der Waals surface area contributed by atoms with Crippen molar-refractivity contribution in [1.82, 2.24) is 10.2 Å². The normalized spacial score (nSPS) is 23.4. The molecule has 0 spiro atoms. The number of carbonyl (C=O) groups excluding carboxylic acids is 1. The minimum Gasteiger partial charge on any atom is -0.325 e. The van der Waals surface area contributed by atoms with Crippen LogP contribution in [0.1, 0.15) is 52.1 Å². The number of amides is 1. The lowest BCUT2D eigenvalue weighted by molar-refractivity contribution is -0.130. The van der Waals surface area contributed by atoms with E-state index < -0.39 is 0 Å². The molecule has 1 saturated heterocycles. The second kappa shape index (κ2) is 5.96. The van der Waals surface area contributed by atoms with Gasteiger partial charge < -0.3 is 4.90 Å². The van der Waals surface area contributed by atoms with Crippen molar-refractivity contribution in [1.29, 1.82) is 0 Å². The van der Waals surface area contributed by atoms with E-state index in [-0.39, 0.29) is 23.5 Å². The Labute approximate surface area is 122 Å². The van der Waals surface area contributed by atoms with Gasteiger partial charge in [0.15, 0.2) is 0 Å². The molecule has 3 heteroatoms. The fraction of sp³-hybridized carbons (Fsp3) is 0.588. The average molecular weight is 274 g/mol. The Morgan fingerprint density at radius 2 is 1.85 bits per heavy atom. The molecule has 3 nitrogen and oxygen atoms in total. The van der Waals surface area contributed by atoms with E-state index >= 15 is 0 Å². The van der Waals surface area contributed by atoms with Crippen LogP contribution in [0.4, 0.5) is 0 Å². The first kappa shape index (κ1) is 15.0. The monoisotopic (exact) mass is 274 g/mol. The highest BCUT2D eigenvalue weighted by molar-refractivity contribution is 5.85. The first-order valence-corrected chi connectivity index (χ1v) is 7.54. The molecular weight excluding hydrogens is 248 g/mol. The van der Waals surface area contributed by atoms with E-state index in [4.69, 9.17) is 0 Å². The number of hydrogen-bond acceptors (Lipinski definition) is 2. The predicted molar refractivity (Wildman–Crippen MR) is 82.2 cm³/mol. The number of nitrogens with one attached hydrogen (secondary N) is 1. The third-order valence-electron chi connectivity index (χ3n) is 3.89. The molecule has 1 fully saturated rings. The predicted octanol–water partition coefficient (Wildman–Crippen LogP) is 3.33. The van der Waals surface area contributed by atoms with Gasteiger partial charge in [0.25, 0.3) is 0 Å². The van der Waals surface area contributed by atoms with E-state index in [1.807, 2.05) is 35.2 Å². The van der Waals surface area contributed by atoms with Crippen LogP contribution in [0.5, 0.6) is 0 Å². The van der Waals surface area contributed by atoms with Crippen molar-refractivity contribution in [3.05, 3.63) is 35.9 Å². The third kappa shape index (κ3) is 3.40. The highest BCUT2D eigenvalue weighted by atomic mass is 16.2. The molecule has 0 aromatic heterocycles. The lowest BCUT2D eigenvalue weighted by Gasteiger charge is -2.27. The van der Waals surface area contributed by atoms with E-state index in [2.05, 4.69) is 33.0 Å². The molecule has 2 atom stereocenters.